The molecule has 1 rings (SSSR count). The summed E-state index contributed by atoms with van der Waals surface area (Å²) in [6.07, 6.45) is 5.96. The number of hydrogen-bond acceptors (Lipinski definition) is 2. The smallest absolute Gasteiger partial charge is 0.0393 e. The van der Waals surface area contributed by atoms with Gasteiger partial charge in [0.05, 0.1) is 0 Å². The fourth-order valence-corrected chi connectivity index (χ4v) is 3.30. The largest absolute Gasteiger partial charge is 0.309 e. The Labute approximate surface area is 86.4 Å². The van der Waals surface area contributed by atoms with Gasteiger partial charge in [-0.3, -0.25) is 0 Å². The second-order valence-electron chi connectivity index (χ2n) is 3.93. The summed E-state index contributed by atoms with van der Waals surface area (Å²) in [7, 11) is 0. The molecule has 2 heteroatoms. The van der Waals surface area contributed by atoms with Gasteiger partial charge in [-0.05, 0) is 38.5 Å². The molecule has 1 saturated heterocycles. The van der Waals surface area contributed by atoms with Crippen LogP contribution in [0.3, 0.4) is 0 Å². The first kappa shape index (κ1) is 11.1. The molecule has 1 fully saturated rings. The van der Waals surface area contributed by atoms with Crippen LogP contribution in [0.5, 0.6) is 0 Å². The van der Waals surface area contributed by atoms with Gasteiger partial charge in [0.15, 0.2) is 0 Å². The summed E-state index contributed by atoms with van der Waals surface area (Å²) in [5, 5.41) is 3.56. The summed E-state index contributed by atoms with van der Waals surface area (Å²) in [4.78, 5) is 0. The van der Waals surface area contributed by atoms with Crippen LogP contribution in [-0.2, 0) is 0 Å². The zero-order chi connectivity index (χ0) is 9.73. The molecule has 0 aromatic rings. The van der Waals surface area contributed by atoms with Crippen LogP contribution in [0.25, 0.3) is 0 Å². The van der Waals surface area contributed by atoms with Crippen molar-refractivity contribution in [1.29, 1.82) is 0 Å². The highest BCUT2D eigenvalue weighted by Crippen LogP contribution is 2.40. The first-order valence-corrected chi connectivity index (χ1v) is 6.21. The standard InChI is InChI=1S/C11H21NS/c1-4-8-12-10(5-2)11(3)7-6-9-13-11/h5,10,12H,2,4,6-9H2,1,3H3. The Bertz CT molecular complexity index is 161. The van der Waals surface area contributed by atoms with Crippen molar-refractivity contribution in [2.45, 2.75) is 43.9 Å². The van der Waals surface area contributed by atoms with E-state index in [0.717, 1.165) is 6.54 Å². The lowest BCUT2D eigenvalue weighted by atomic mass is 9.96. The van der Waals surface area contributed by atoms with Crippen LogP contribution < -0.4 is 5.32 Å². The van der Waals surface area contributed by atoms with Crippen LogP contribution in [0.15, 0.2) is 12.7 Å². The van der Waals surface area contributed by atoms with Crippen LogP contribution in [0.2, 0.25) is 0 Å². The summed E-state index contributed by atoms with van der Waals surface area (Å²) in [5.41, 5.74) is 0. The zero-order valence-electron chi connectivity index (χ0n) is 8.81. The predicted molar refractivity (Wildman–Crippen MR) is 62.4 cm³/mol. The van der Waals surface area contributed by atoms with Gasteiger partial charge in [-0.25, -0.2) is 0 Å². The van der Waals surface area contributed by atoms with Crippen molar-refractivity contribution >= 4 is 11.8 Å². The quantitative estimate of drug-likeness (QED) is 0.683. The molecule has 0 aromatic carbocycles. The van der Waals surface area contributed by atoms with E-state index < -0.39 is 0 Å². The molecule has 2 atom stereocenters. The van der Waals surface area contributed by atoms with Crippen molar-refractivity contribution < 1.29 is 0 Å². The summed E-state index contributed by atoms with van der Waals surface area (Å²) < 4.78 is 0.400. The SMILES string of the molecule is C=CC(NCCC)C1(C)CCCS1. The van der Waals surface area contributed by atoms with Gasteiger partial charge in [0.2, 0.25) is 0 Å². The van der Waals surface area contributed by atoms with Crippen LogP contribution in [-0.4, -0.2) is 23.1 Å². The van der Waals surface area contributed by atoms with Crippen LogP contribution >= 0.6 is 11.8 Å². The van der Waals surface area contributed by atoms with E-state index in [-0.39, 0.29) is 0 Å². The third-order valence-electron chi connectivity index (χ3n) is 2.76. The van der Waals surface area contributed by atoms with E-state index in [4.69, 9.17) is 0 Å². The molecule has 0 spiro atoms. The third-order valence-corrected chi connectivity index (χ3v) is 4.37. The van der Waals surface area contributed by atoms with Gasteiger partial charge >= 0.3 is 0 Å². The number of hydrogen-bond donors (Lipinski definition) is 1. The lowest BCUT2D eigenvalue weighted by molar-refractivity contribution is 0.461. The van der Waals surface area contributed by atoms with Gasteiger partial charge in [0, 0.05) is 10.8 Å². The molecular formula is C11H21NS. The highest BCUT2D eigenvalue weighted by atomic mass is 32.2. The molecule has 76 valence electrons. The molecule has 1 heterocycles. The lowest BCUT2D eigenvalue weighted by Crippen LogP contribution is -2.43. The van der Waals surface area contributed by atoms with Crippen molar-refractivity contribution in [1.82, 2.24) is 5.32 Å². The fraction of sp³-hybridized carbons (Fsp3) is 0.818. The van der Waals surface area contributed by atoms with Crippen molar-refractivity contribution in [3.8, 4) is 0 Å². The van der Waals surface area contributed by atoms with Crippen LogP contribution in [0.1, 0.15) is 33.1 Å². The van der Waals surface area contributed by atoms with Crippen molar-refractivity contribution in [3.05, 3.63) is 12.7 Å². The molecule has 13 heavy (non-hydrogen) atoms. The van der Waals surface area contributed by atoms with E-state index in [1.165, 1.54) is 25.0 Å². The van der Waals surface area contributed by atoms with Gasteiger partial charge in [-0.2, -0.15) is 11.8 Å². The molecule has 1 aliphatic rings. The van der Waals surface area contributed by atoms with E-state index >= 15 is 0 Å². The van der Waals surface area contributed by atoms with Gasteiger partial charge < -0.3 is 5.32 Å². The van der Waals surface area contributed by atoms with Crippen molar-refractivity contribution in [3.63, 3.8) is 0 Å². The third kappa shape index (κ3) is 2.75. The maximum absolute atomic E-state index is 3.93. The highest BCUT2D eigenvalue weighted by molar-refractivity contribution is 8.00. The molecule has 1 N–H and O–H groups in total. The van der Waals surface area contributed by atoms with Crippen LogP contribution in [0.4, 0.5) is 0 Å². The summed E-state index contributed by atoms with van der Waals surface area (Å²) in [6.45, 7) is 9.60. The second kappa shape index (κ2) is 5.06. The first-order chi connectivity index (χ1) is 6.23. The summed E-state index contributed by atoms with van der Waals surface area (Å²) in [5.74, 6) is 1.31. The van der Waals surface area contributed by atoms with Crippen molar-refractivity contribution in [2.24, 2.45) is 0 Å². The van der Waals surface area contributed by atoms with E-state index in [0.29, 0.717) is 10.8 Å². The molecule has 2 unspecified atom stereocenters. The lowest BCUT2D eigenvalue weighted by Gasteiger charge is -2.31. The number of nitrogens with one attached hydrogen (secondary N) is 1. The number of thioether (sulfide) groups is 1. The molecule has 0 radical (unpaired) electrons. The van der Waals surface area contributed by atoms with E-state index in [1.807, 2.05) is 0 Å². The molecule has 0 aromatic heterocycles. The van der Waals surface area contributed by atoms with Gasteiger partial charge in [0.25, 0.3) is 0 Å². The molecule has 1 nitrogen and oxygen atoms in total. The average molecular weight is 199 g/mol. The minimum Gasteiger partial charge on any atom is -0.309 e. The highest BCUT2D eigenvalue weighted by Gasteiger charge is 2.35. The second-order valence-corrected chi connectivity index (χ2v) is 5.56. The molecule has 1 aliphatic heterocycles. The van der Waals surface area contributed by atoms with Gasteiger partial charge in [-0.1, -0.05) is 13.0 Å². The van der Waals surface area contributed by atoms with E-state index in [9.17, 15) is 0 Å². The maximum Gasteiger partial charge on any atom is 0.0393 e. The molecule has 0 saturated carbocycles. The minimum atomic E-state index is 0.400. The molecule has 0 amide bonds. The Morgan fingerprint density at radius 2 is 2.46 bits per heavy atom. The van der Waals surface area contributed by atoms with Gasteiger partial charge in [0.1, 0.15) is 0 Å². The first-order valence-electron chi connectivity index (χ1n) is 5.23. The zero-order valence-corrected chi connectivity index (χ0v) is 9.62. The van der Waals surface area contributed by atoms with Crippen molar-refractivity contribution in [2.75, 3.05) is 12.3 Å². The van der Waals surface area contributed by atoms with Crippen LogP contribution in [0, 0.1) is 0 Å². The normalized spacial score (nSPS) is 30.3. The van der Waals surface area contributed by atoms with Gasteiger partial charge in [-0.15, -0.1) is 6.58 Å². The van der Waals surface area contributed by atoms with E-state index in [1.54, 1.807) is 0 Å². The predicted octanol–water partition coefficient (Wildman–Crippen LogP) is 2.83. The Morgan fingerprint density at radius 1 is 1.69 bits per heavy atom. The topological polar surface area (TPSA) is 12.0 Å². The Balaban J connectivity index is 2.48. The minimum absolute atomic E-state index is 0.400. The Kier molecular flexibility index (Phi) is 4.33. The molecule has 0 aliphatic carbocycles. The summed E-state index contributed by atoms with van der Waals surface area (Å²) in [6, 6.07) is 0.486. The molecule has 0 bridgehead atoms. The summed E-state index contributed by atoms with van der Waals surface area (Å²) >= 11 is 2.09. The monoisotopic (exact) mass is 199 g/mol. The number of rotatable bonds is 5. The Morgan fingerprint density at radius 3 is 2.92 bits per heavy atom. The van der Waals surface area contributed by atoms with E-state index in [2.05, 4.69) is 43.6 Å². The fourth-order valence-electron chi connectivity index (χ4n) is 1.89. The average Bonchev–Trinajstić information content (AvgIpc) is 2.54. The Hall–Kier alpha value is 0.0500. The maximum atomic E-state index is 3.93. The molecular weight excluding hydrogens is 178 g/mol.